The Kier molecular flexibility index (Phi) is 6.86. The van der Waals surface area contributed by atoms with Gasteiger partial charge in [0.15, 0.2) is 0 Å². The quantitative estimate of drug-likeness (QED) is 0.584. The standard InChI is InChI=1S/C25H27N3O2/c1-4-28(22-11-6-5-7-12-22)25(30)20-9-8-10-21(16-20)27-24(29)17-26-23-15-18(2)13-14-19(23)3/h5-16,26H,4,17H2,1-3H3,(H,27,29). The number of anilines is 3. The summed E-state index contributed by atoms with van der Waals surface area (Å²) in [4.78, 5) is 27.1. The van der Waals surface area contributed by atoms with Crippen LogP contribution in [0.25, 0.3) is 0 Å². The summed E-state index contributed by atoms with van der Waals surface area (Å²) in [5.74, 6) is -0.274. The summed E-state index contributed by atoms with van der Waals surface area (Å²) in [6, 6.07) is 22.7. The summed E-state index contributed by atoms with van der Waals surface area (Å²) in [6.07, 6.45) is 0. The third-order valence-electron chi connectivity index (χ3n) is 4.85. The average Bonchev–Trinajstić information content (AvgIpc) is 2.76. The van der Waals surface area contributed by atoms with E-state index in [4.69, 9.17) is 0 Å². The number of aryl methyl sites for hydroxylation is 2. The Hall–Kier alpha value is -3.60. The number of nitrogens with one attached hydrogen (secondary N) is 2. The minimum Gasteiger partial charge on any atom is -0.376 e. The molecule has 0 radical (unpaired) electrons. The van der Waals surface area contributed by atoms with Crippen molar-refractivity contribution in [1.29, 1.82) is 0 Å². The largest absolute Gasteiger partial charge is 0.376 e. The van der Waals surface area contributed by atoms with Gasteiger partial charge in [0.2, 0.25) is 5.91 Å². The summed E-state index contributed by atoms with van der Waals surface area (Å²) < 4.78 is 0. The minimum atomic E-state index is -0.170. The van der Waals surface area contributed by atoms with Crippen molar-refractivity contribution in [2.75, 3.05) is 28.6 Å². The average molecular weight is 402 g/mol. The molecule has 154 valence electrons. The van der Waals surface area contributed by atoms with Crippen molar-refractivity contribution in [3.63, 3.8) is 0 Å². The Morgan fingerprint density at radius 1 is 0.900 bits per heavy atom. The molecular weight excluding hydrogens is 374 g/mol. The number of amides is 2. The van der Waals surface area contributed by atoms with Crippen LogP contribution < -0.4 is 15.5 Å². The zero-order chi connectivity index (χ0) is 21.5. The molecule has 0 aliphatic rings. The van der Waals surface area contributed by atoms with Gasteiger partial charge in [0.05, 0.1) is 6.54 Å². The van der Waals surface area contributed by atoms with Gasteiger partial charge in [-0.25, -0.2) is 0 Å². The molecule has 0 aliphatic heterocycles. The van der Waals surface area contributed by atoms with Gasteiger partial charge in [0.1, 0.15) is 0 Å². The minimum absolute atomic E-state index is 0.103. The predicted octanol–water partition coefficient (Wildman–Crippen LogP) is 5.02. The van der Waals surface area contributed by atoms with Crippen LogP contribution in [0.1, 0.15) is 28.4 Å². The molecule has 5 heteroatoms. The molecule has 0 fully saturated rings. The molecule has 0 saturated carbocycles. The van der Waals surface area contributed by atoms with Crippen LogP contribution in [0, 0.1) is 13.8 Å². The summed E-state index contributed by atoms with van der Waals surface area (Å²) in [5.41, 5.74) is 5.13. The lowest BCUT2D eigenvalue weighted by atomic mass is 10.1. The molecular formula is C25H27N3O2. The van der Waals surface area contributed by atoms with Crippen molar-refractivity contribution < 1.29 is 9.59 Å². The van der Waals surface area contributed by atoms with Crippen LogP contribution in [-0.2, 0) is 4.79 Å². The predicted molar refractivity (Wildman–Crippen MR) is 123 cm³/mol. The Bertz CT molecular complexity index is 1030. The third kappa shape index (κ3) is 5.26. The first-order chi connectivity index (χ1) is 14.5. The molecule has 0 saturated heterocycles. The van der Waals surface area contributed by atoms with E-state index in [-0.39, 0.29) is 18.4 Å². The first kappa shape index (κ1) is 21.1. The van der Waals surface area contributed by atoms with Crippen molar-refractivity contribution in [1.82, 2.24) is 0 Å². The zero-order valence-corrected chi connectivity index (χ0v) is 17.6. The second kappa shape index (κ2) is 9.74. The molecule has 0 spiro atoms. The third-order valence-corrected chi connectivity index (χ3v) is 4.85. The lowest BCUT2D eigenvalue weighted by molar-refractivity contribution is -0.114. The molecule has 3 rings (SSSR count). The monoisotopic (exact) mass is 401 g/mol. The number of carbonyl (C=O) groups is 2. The van der Waals surface area contributed by atoms with Crippen molar-refractivity contribution in [2.24, 2.45) is 0 Å². The van der Waals surface area contributed by atoms with Gasteiger partial charge in [0.25, 0.3) is 5.91 Å². The van der Waals surface area contributed by atoms with Gasteiger partial charge in [-0.05, 0) is 68.3 Å². The molecule has 3 aromatic carbocycles. The van der Waals surface area contributed by atoms with Crippen LogP contribution in [0.15, 0.2) is 72.8 Å². The van der Waals surface area contributed by atoms with Crippen LogP contribution >= 0.6 is 0 Å². The highest BCUT2D eigenvalue weighted by Gasteiger charge is 2.16. The van der Waals surface area contributed by atoms with Gasteiger partial charge in [-0.3, -0.25) is 9.59 Å². The van der Waals surface area contributed by atoms with Crippen molar-refractivity contribution >= 4 is 28.9 Å². The Morgan fingerprint density at radius 2 is 1.67 bits per heavy atom. The number of rotatable bonds is 7. The lowest BCUT2D eigenvalue weighted by Crippen LogP contribution is -2.30. The molecule has 0 bridgehead atoms. The molecule has 2 amide bonds. The normalized spacial score (nSPS) is 10.4. The Labute approximate surface area is 177 Å². The topological polar surface area (TPSA) is 61.4 Å². The number of nitrogens with zero attached hydrogens (tertiary/aromatic N) is 1. The first-order valence-electron chi connectivity index (χ1n) is 10.1. The highest BCUT2D eigenvalue weighted by Crippen LogP contribution is 2.19. The molecule has 0 atom stereocenters. The van der Waals surface area contributed by atoms with Crippen LogP contribution in [0.2, 0.25) is 0 Å². The summed E-state index contributed by atoms with van der Waals surface area (Å²) in [7, 11) is 0. The number of hydrogen-bond acceptors (Lipinski definition) is 3. The van der Waals surface area contributed by atoms with Crippen molar-refractivity contribution in [3.05, 3.63) is 89.5 Å². The van der Waals surface area contributed by atoms with Crippen LogP contribution in [0.3, 0.4) is 0 Å². The maximum Gasteiger partial charge on any atom is 0.258 e. The van der Waals surface area contributed by atoms with Crippen molar-refractivity contribution in [3.8, 4) is 0 Å². The highest BCUT2D eigenvalue weighted by atomic mass is 16.2. The molecule has 3 aromatic rings. The van der Waals surface area contributed by atoms with E-state index >= 15 is 0 Å². The molecule has 30 heavy (non-hydrogen) atoms. The SMILES string of the molecule is CCN(C(=O)c1cccc(NC(=O)CNc2cc(C)ccc2C)c1)c1ccccc1. The van der Waals surface area contributed by atoms with E-state index in [0.717, 1.165) is 22.5 Å². The van der Waals surface area contributed by atoms with Gasteiger partial charge >= 0.3 is 0 Å². The van der Waals surface area contributed by atoms with Crippen LogP contribution in [0.4, 0.5) is 17.1 Å². The number of para-hydroxylation sites is 1. The summed E-state index contributed by atoms with van der Waals surface area (Å²) in [5, 5.41) is 6.04. The maximum absolute atomic E-state index is 13.0. The fourth-order valence-electron chi connectivity index (χ4n) is 3.24. The van der Waals surface area contributed by atoms with E-state index in [0.29, 0.717) is 17.8 Å². The van der Waals surface area contributed by atoms with E-state index in [1.165, 1.54) is 0 Å². The summed E-state index contributed by atoms with van der Waals surface area (Å²) in [6.45, 7) is 6.66. The van der Waals surface area contributed by atoms with Gasteiger partial charge in [0, 0.05) is 29.2 Å². The molecule has 2 N–H and O–H groups in total. The van der Waals surface area contributed by atoms with Crippen molar-refractivity contribution in [2.45, 2.75) is 20.8 Å². The smallest absolute Gasteiger partial charge is 0.258 e. The fourth-order valence-corrected chi connectivity index (χ4v) is 3.24. The molecule has 0 unspecified atom stereocenters. The molecule has 0 aromatic heterocycles. The molecule has 0 aliphatic carbocycles. The van der Waals surface area contributed by atoms with Gasteiger partial charge in [-0.1, -0.05) is 36.4 Å². The number of hydrogen-bond donors (Lipinski definition) is 2. The maximum atomic E-state index is 13.0. The Morgan fingerprint density at radius 3 is 2.40 bits per heavy atom. The second-order valence-corrected chi connectivity index (χ2v) is 7.19. The summed E-state index contributed by atoms with van der Waals surface area (Å²) >= 11 is 0. The molecule has 5 nitrogen and oxygen atoms in total. The van der Waals surface area contributed by atoms with Gasteiger partial charge < -0.3 is 15.5 Å². The van der Waals surface area contributed by atoms with Crippen LogP contribution in [-0.4, -0.2) is 24.9 Å². The second-order valence-electron chi connectivity index (χ2n) is 7.19. The number of carbonyl (C=O) groups excluding carboxylic acids is 2. The Balaban J connectivity index is 1.66. The lowest BCUT2D eigenvalue weighted by Gasteiger charge is -2.21. The van der Waals surface area contributed by atoms with Gasteiger partial charge in [-0.15, -0.1) is 0 Å². The van der Waals surface area contributed by atoms with E-state index < -0.39 is 0 Å². The van der Waals surface area contributed by atoms with E-state index in [9.17, 15) is 9.59 Å². The molecule has 0 heterocycles. The highest BCUT2D eigenvalue weighted by molar-refractivity contribution is 6.07. The zero-order valence-electron chi connectivity index (χ0n) is 17.6. The van der Waals surface area contributed by atoms with E-state index in [1.807, 2.05) is 69.3 Å². The fraction of sp³-hybridized carbons (Fsp3) is 0.200. The van der Waals surface area contributed by atoms with E-state index in [2.05, 4.69) is 10.6 Å². The first-order valence-corrected chi connectivity index (χ1v) is 10.1. The van der Waals surface area contributed by atoms with E-state index in [1.54, 1.807) is 29.2 Å². The van der Waals surface area contributed by atoms with Crippen LogP contribution in [0.5, 0.6) is 0 Å². The van der Waals surface area contributed by atoms with Gasteiger partial charge in [-0.2, -0.15) is 0 Å². The number of benzene rings is 3.